The Morgan fingerprint density at radius 3 is 1.65 bits per heavy atom. The maximum Gasteiger partial charge on any atom is 0.469 e. The van der Waals surface area contributed by atoms with Gasteiger partial charge in [-0.05, 0) is 83.1 Å². The second kappa shape index (κ2) is 35.3. The maximum absolute atomic E-state index is 12.3. The number of phosphoric acid groups is 1. The Balaban J connectivity index is 4.21. The van der Waals surface area contributed by atoms with Crippen LogP contribution in [0.25, 0.3) is 0 Å². The average Bonchev–Trinajstić information content (AvgIpc) is 3.09. The van der Waals surface area contributed by atoms with Gasteiger partial charge in [0, 0.05) is 19.3 Å². The van der Waals surface area contributed by atoms with E-state index in [1.807, 2.05) is 36.5 Å². The first-order valence-corrected chi connectivity index (χ1v) is 20.4. The van der Waals surface area contributed by atoms with Gasteiger partial charge in [0.2, 0.25) is 0 Å². The van der Waals surface area contributed by atoms with E-state index in [4.69, 9.17) is 19.3 Å². The molecule has 0 bridgehead atoms. The van der Waals surface area contributed by atoms with Crippen LogP contribution in [0.2, 0.25) is 0 Å². The smallest absolute Gasteiger partial charge is 0.462 e. The van der Waals surface area contributed by atoms with Crippen LogP contribution in [0.1, 0.15) is 136 Å². The highest BCUT2D eigenvalue weighted by Crippen LogP contribution is 2.35. The standard InChI is InChI=1S/C41H65O9P/c1-3-5-7-8-9-10-11-12-13-14-17-21-24-27-31-35-41(44)50-39(37-49-51(45,46)47)36-48-40(43)34-30-26-23-20-18-15-16-19-22-25-29-33-38(42)32-28-6-4-2/h9-10,12-13,15-17,20-23,25,29,33,39H,3-8,11,14,18-19,24,26-28,30-32,34-37H2,1-2H3,(H2,45,46,47)/b10-9-,13-12-,16-15-,21-17-,23-20-,25-22-,33-29+/t39-/m1/s1. The summed E-state index contributed by atoms with van der Waals surface area (Å²) in [5.41, 5.74) is 0. The van der Waals surface area contributed by atoms with Crippen molar-refractivity contribution in [2.24, 2.45) is 0 Å². The fourth-order valence-electron chi connectivity index (χ4n) is 4.50. The number of allylic oxidation sites excluding steroid dienone is 14. The van der Waals surface area contributed by atoms with Crippen molar-refractivity contribution in [2.75, 3.05) is 13.2 Å². The number of ketones is 1. The van der Waals surface area contributed by atoms with Gasteiger partial charge in [0.1, 0.15) is 6.61 Å². The van der Waals surface area contributed by atoms with Crippen molar-refractivity contribution >= 4 is 25.5 Å². The predicted molar refractivity (Wildman–Crippen MR) is 207 cm³/mol. The predicted octanol–water partition coefficient (Wildman–Crippen LogP) is 10.5. The van der Waals surface area contributed by atoms with Gasteiger partial charge in [-0.25, -0.2) is 4.57 Å². The SMILES string of the molecule is CCCCC/C=C\C/C=C\C/C=C\CCCCC(=O)O[C@H](COC(=O)CCC/C=C\C/C=C\C/C=C\C=C\C(=O)CCCCC)COP(=O)(O)O. The number of phosphoric ester groups is 1. The molecular formula is C41H65O9P. The van der Waals surface area contributed by atoms with Gasteiger partial charge in [-0.1, -0.05) is 119 Å². The van der Waals surface area contributed by atoms with Crippen molar-refractivity contribution in [2.45, 2.75) is 142 Å². The highest BCUT2D eigenvalue weighted by molar-refractivity contribution is 7.46. The van der Waals surface area contributed by atoms with Gasteiger partial charge in [0.25, 0.3) is 0 Å². The Morgan fingerprint density at radius 2 is 1.06 bits per heavy atom. The van der Waals surface area contributed by atoms with Crippen LogP contribution in [0, 0.1) is 0 Å². The van der Waals surface area contributed by atoms with Gasteiger partial charge in [-0.3, -0.25) is 18.9 Å². The van der Waals surface area contributed by atoms with Gasteiger partial charge in [-0.2, -0.15) is 0 Å². The number of rotatable bonds is 33. The Kier molecular flexibility index (Phi) is 33.2. The van der Waals surface area contributed by atoms with E-state index in [9.17, 15) is 18.9 Å². The van der Waals surface area contributed by atoms with Crippen LogP contribution in [0.5, 0.6) is 0 Å². The number of esters is 2. The molecular weight excluding hydrogens is 667 g/mol. The molecule has 0 rings (SSSR count). The third-order valence-electron chi connectivity index (χ3n) is 7.36. The molecule has 0 radical (unpaired) electrons. The summed E-state index contributed by atoms with van der Waals surface area (Å²) in [5, 5.41) is 0. The molecule has 0 aromatic carbocycles. The molecule has 0 heterocycles. The van der Waals surface area contributed by atoms with Crippen LogP contribution < -0.4 is 0 Å². The van der Waals surface area contributed by atoms with Crippen LogP contribution in [0.15, 0.2) is 85.1 Å². The first-order chi connectivity index (χ1) is 24.7. The molecule has 0 aliphatic heterocycles. The van der Waals surface area contributed by atoms with Crippen LogP contribution in [-0.4, -0.2) is 46.8 Å². The minimum absolute atomic E-state index is 0.135. The molecule has 288 valence electrons. The molecule has 0 unspecified atom stereocenters. The summed E-state index contributed by atoms with van der Waals surface area (Å²) >= 11 is 0. The van der Waals surface area contributed by atoms with Crippen molar-refractivity contribution in [1.82, 2.24) is 0 Å². The number of carbonyl (C=O) groups excluding carboxylic acids is 3. The highest BCUT2D eigenvalue weighted by atomic mass is 31.2. The lowest BCUT2D eigenvalue weighted by atomic mass is 10.1. The third-order valence-corrected chi connectivity index (χ3v) is 7.85. The lowest BCUT2D eigenvalue weighted by Gasteiger charge is -2.18. The van der Waals surface area contributed by atoms with Crippen LogP contribution in [-0.2, 0) is 32.9 Å². The maximum atomic E-state index is 12.3. The summed E-state index contributed by atoms with van der Waals surface area (Å²) in [7, 11) is -4.79. The van der Waals surface area contributed by atoms with E-state index in [1.165, 1.54) is 19.3 Å². The molecule has 51 heavy (non-hydrogen) atoms. The summed E-state index contributed by atoms with van der Waals surface area (Å²) in [6.07, 6.45) is 42.9. The van der Waals surface area contributed by atoms with E-state index < -0.39 is 32.5 Å². The summed E-state index contributed by atoms with van der Waals surface area (Å²) in [4.78, 5) is 54.3. The first kappa shape index (κ1) is 47.9. The number of unbranched alkanes of at least 4 members (excludes halogenated alkanes) is 8. The quantitative estimate of drug-likeness (QED) is 0.0169. The number of carbonyl (C=O) groups is 3. The van der Waals surface area contributed by atoms with E-state index in [2.05, 4.69) is 54.8 Å². The van der Waals surface area contributed by atoms with E-state index in [0.717, 1.165) is 64.2 Å². The van der Waals surface area contributed by atoms with Crippen molar-refractivity contribution in [3.63, 3.8) is 0 Å². The topological polar surface area (TPSA) is 136 Å². The molecule has 0 aromatic rings. The van der Waals surface area contributed by atoms with Gasteiger partial charge in [-0.15, -0.1) is 0 Å². The molecule has 0 aliphatic rings. The van der Waals surface area contributed by atoms with E-state index in [-0.39, 0.29) is 25.2 Å². The Morgan fingerprint density at radius 1 is 0.569 bits per heavy atom. The number of hydrogen-bond acceptors (Lipinski definition) is 7. The van der Waals surface area contributed by atoms with E-state index >= 15 is 0 Å². The van der Waals surface area contributed by atoms with Gasteiger partial charge in [0.15, 0.2) is 11.9 Å². The molecule has 0 spiro atoms. The van der Waals surface area contributed by atoms with Crippen LogP contribution in [0.4, 0.5) is 0 Å². The largest absolute Gasteiger partial charge is 0.469 e. The van der Waals surface area contributed by atoms with Gasteiger partial charge < -0.3 is 19.3 Å². The lowest BCUT2D eigenvalue weighted by Crippen LogP contribution is -2.29. The molecule has 2 N–H and O–H groups in total. The Labute approximate surface area is 307 Å². The molecule has 0 saturated heterocycles. The first-order valence-electron chi connectivity index (χ1n) is 18.8. The minimum Gasteiger partial charge on any atom is -0.462 e. The van der Waals surface area contributed by atoms with Crippen molar-refractivity contribution in [1.29, 1.82) is 0 Å². The highest BCUT2D eigenvalue weighted by Gasteiger charge is 2.22. The summed E-state index contributed by atoms with van der Waals surface area (Å²) in [5.74, 6) is -0.877. The summed E-state index contributed by atoms with van der Waals surface area (Å²) in [6, 6.07) is 0. The monoisotopic (exact) mass is 732 g/mol. The zero-order valence-corrected chi connectivity index (χ0v) is 32.1. The third kappa shape index (κ3) is 38.0. The summed E-state index contributed by atoms with van der Waals surface area (Å²) in [6.45, 7) is 3.38. The fourth-order valence-corrected chi connectivity index (χ4v) is 4.86. The lowest BCUT2D eigenvalue weighted by molar-refractivity contribution is -0.161. The zero-order valence-electron chi connectivity index (χ0n) is 31.2. The van der Waals surface area contributed by atoms with Crippen molar-refractivity contribution in [3.05, 3.63) is 85.1 Å². The van der Waals surface area contributed by atoms with Crippen molar-refractivity contribution < 1.29 is 42.7 Å². The summed E-state index contributed by atoms with van der Waals surface area (Å²) < 4.78 is 26.2. The van der Waals surface area contributed by atoms with Crippen LogP contribution >= 0.6 is 7.82 Å². The molecule has 9 nitrogen and oxygen atoms in total. The normalized spacial score (nSPS) is 13.3. The van der Waals surface area contributed by atoms with E-state index in [1.54, 1.807) is 12.2 Å². The molecule has 0 amide bonds. The second-order valence-electron chi connectivity index (χ2n) is 12.2. The Hall–Kier alpha value is -3.10. The second-order valence-corrected chi connectivity index (χ2v) is 13.5. The number of hydrogen-bond donors (Lipinski definition) is 2. The molecule has 0 aromatic heterocycles. The molecule has 10 heteroatoms. The van der Waals surface area contributed by atoms with Crippen LogP contribution in [0.3, 0.4) is 0 Å². The molecule has 0 saturated carbocycles. The van der Waals surface area contributed by atoms with E-state index in [0.29, 0.717) is 25.7 Å². The van der Waals surface area contributed by atoms with Crippen molar-refractivity contribution in [3.8, 4) is 0 Å². The fraction of sp³-hybridized carbons (Fsp3) is 0.585. The Bertz CT molecular complexity index is 1160. The van der Waals surface area contributed by atoms with Gasteiger partial charge >= 0.3 is 19.8 Å². The zero-order chi connectivity index (χ0) is 37.7. The molecule has 0 aliphatic carbocycles. The minimum atomic E-state index is -4.79. The molecule has 0 fully saturated rings. The number of ether oxygens (including phenoxy) is 2. The van der Waals surface area contributed by atoms with Gasteiger partial charge in [0.05, 0.1) is 6.61 Å². The average molecular weight is 733 g/mol. The molecule has 1 atom stereocenters.